The van der Waals surface area contributed by atoms with Crippen LogP contribution in [0.15, 0.2) is 37.4 Å². The largest absolute Gasteiger partial charge is 0.478 e. The molecule has 0 bridgehead atoms. The van der Waals surface area contributed by atoms with Crippen LogP contribution in [-0.4, -0.2) is 30.2 Å². The Labute approximate surface area is 140 Å². The second kappa shape index (κ2) is 6.31. The molecule has 0 fully saturated rings. The number of carboxylic acids is 1. The summed E-state index contributed by atoms with van der Waals surface area (Å²) in [5, 5.41) is 9.70. The molecule has 0 saturated heterocycles. The molecule has 0 spiro atoms. The molecule has 1 N–H and O–H groups in total. The average molecular weight is 324 g/mol. The van der Waals surface area contributed by atoms with E-state index in [4.69, 9.17) is 0 Å². The van der Waals surface area contributed by atoms with Gasteiger partial charge in [-0.25, -0.2) is 14.8 Å². The van der Waals surface area contributed by atoms with Crippen molar-refractivity contribution in [1.29, 1.82) is 0 Å². The molecule has 0 aliphatic heterocycles. The van der Waals surface area contributed by atoms with Crippen molar-refractivity contribution in [2.24, 2.45) is 0 Å². The Bertz CT molecular complexity index is 802. The summed E-state index contributed by atoms with van der Waals surface area (Å²) in [5.74, 6) is -0.885. The Morgan fingerprint density at radius 3 is 1.71 bits per heavy atom. The van der Waals surface area contributed by atoms with E-state index in [1.165, 1.54) is 0 Å². The number of aromatic carboxylic acids is 1. The lowest BCUT2D eigenvalue weighted by Crippen LogP contribution is -2.15. The van der Waals surface area contributed by atoms with Crippen molar-refractivity contribution in [2.45, 2.75) is 33.9 Å². The van der Waals surface area contributed by atoms with Crippen molar-refractivity contribution in [3.05, 3.63) is 70.8 Å². The second-order valence-corrected chi connectivity index (χ2v) is 5.98. The number of aromatic nitrogens is 4. The normalized spacial score (nSPS) is 11.0. The summed E-state index contributed by atoms with van der Waals surface area (Å²) in [4.78, 5) is 20.0. The molecule has 3 aromatic rings. The molecule has 0 aliphatic carbocycles. The molecule has 24 heavy (non-hydrogen) atoms. The van der Waals surface area contributed by atoms with Crippen LogP contribution in [0.5, 0.6) is 0 Å². The quantitative estimate of drug-likeness (QED) is 0.783. The first-order valence-electron chi connectivity index (χ1n) is 7.75. The molecular weight excluding hydrogens is 304 g/mol. The Hall–Kier alpha value is -2.89. The minimum atomic E-state index is -0.885. The Morgan fingerprint density at radius 1 is 0.917 bits per heavy atom. The third-order valence-electron chi connectivity index (χ3n) is 4.57. The van der Waals surface area contributed by atoms with E-state index < -0.39 is 5.97 Å². The molecule has 6 heteroatoms. The van der Waals surface area contributed by atoms with Gasteiger partial charge in [-0.3, -0.25) is 0 Å². The monoisotopic (exact) mass is 324 g/mol. The van der Waals surface area contributed by atoms with Gasteiger partial charge >= 0.3 is 5.97 Å². The minimum Gasteiger partial charge on any atom is -0.478 e. The van der Waals surface area contributed by atoms with Crippen LogP contribution >= 0.6 is 0 Å². The van der Waals surface area contributed by atoms with Crippen molar-refractivity contribution in [2.75, 3.05) is 0 Å². The first kappa shape index (κ1) is 16.0. The maximum Gasteiger partial charge on any atom is 0.336 e. The van der Waals surface area contributed by atoms with Gasteiger partial charge in [0.2, 0.25) is 0 Å². The lowest BCUT2D eigenvalue weighted by atomic mass is 9.88. The summed E-state index contributed by atoms with van der Waals surface area (Å²) in [7, 11) is 0. The Kier molecular flexibility index (Phi) is 4.20. The fraction of sp³-hybridized carbons (Fsp3) is 0.278. The van der Waals surface area contributed by atoms with E-state index in [1.807, 2.05) is 35.4 Å². The molecule has 1 aromatic carbocycles. The van der Waals surface area contributed by atoms with Gasteiger partial charge in [-0.1, -0.05) is 0 Å². The molecule has 3 rings (SSSR count). The van der Waals surface area contributed by atoms with Gasteiger partial charge in [-0.05, 0) is 48.6 Å². The minimum absolute atomic E-state index is 0.394. The van der Waals surface area contributed by atoms with Crippen LogP contribution in [0.4, 0.5) is 0 Å². The van der Waals surface area contributed by atoms with Crippen LogP contribution in [0.2, 0.25) is 0 Å². The number of nitrogens with zero attached hydrogens (tertiary/aromatic N) is 4. The van der Waals surface area contributed by atoms with Crippen LogP contribution in [0.3, 0.4) is 0 Å². The smallest absolute Gasteiger partial charge is 0.336 e. The third-order valence-corrected chi connectivity index (χ3v) is 4.57. The first-order valence-corrected chi connectivity index (χ1v) is 7.75. The predicted molar refractivity (Wildman–Crippen MR) is 90.3 cm³/mol. The molecule has 0 radical (unpaired) electrons. The lowest BCUT2D eigenvalue weighted by molar-refractivity contribution is 0.0695. The summed E-state index contributed by atoms with van der Waals surface area (Å²) in [5.41, 5.74) is 5.22. The zero-order valence-electron chi connectivity index (χ0n) is 14.0. The van der Waals surface area contributed by atoms with Gasteiger partial charge in [0.05, 0.1) is 18.2 Å². The van der Waals surface area contributed by atoms with E-state index in [1.54, 1.807) is 25.0 Å². The van der Waals surface area contributed by atoms with E-state index in [0.717, 1.165) is 27.8 Å². The zero-order valence-corrected chi connectivity index (χ0v) is 14.0. The highest BCUT2D eigenvalue weighted by Gasteiger charge is 2.21. The summed E-state index contributed by atoms with van der Waals surface area (Å²) in [6.07, 6.45) is 10.7. The van der Waals surface area contributed by atoms with E-state index in [2.05, 4.69) is 16.9 Å². The van der Waals surface area contributed by atoms with E-state index >= 15 is 0 Å². The second-order valence-electron chi connectivity index (χ2n) is 5.98. The van der Waals surface area contributed by atoms with Crippen molar-refractivity contribution in [3.63, 3.8) is 0 Å². The standard InChI is InChI=1S/C18H20N4O2/c1-12-15(8-21-6-4-19-10-21)13(2)17(18(23)24)14(3)16(12)9-22-7-5-20-11-22/h4-7,10-11H,8-9H2,1-3H3,(H,23,24). The highest BCUT2D eigenvalue weighted by atomic mass is 16.4. The molecule has 2 heterocycles. The number of hydrogen-bond donors (Lipinski definition) is 1. The summed E-state index contributed by atoms with van der Waals surface area (Å²) in [6, 6.07) is 0. The number of imidazole rings is 2. The van der Waals surface area contributed by atoms with E-state index in [9.17, 15) is 9.90 Å². The molecule has 0 aliphatic rings. The van der Waals surface area contributed by atoms with Crippen molar-refractivity contribution in [3.8, 4) is 0 Å². The van der Waals surface area contributed by atoms with E-state index in [0.29, 0.717) is 18.7 Å². The zero-order chi connectivity index (χ0) is 17.3. The number of hydrogen-bond acceptors (Lipinski definition) is 3. The first-order chi connectivity index (χ1) is 11.5. The topological polar surface area (TPSA) is 72.9 Å². The number of rotatable bonds is 5. The van der Waals surface area contributed by atoms with Gasteiger partial charge in [0.15, 0.2) is 0 Å². The summed E-state index contributed by atoms with van der Waals surface area (Å²) < 4.78 is 3.91. The lowest BCUT2D eigenvalue weighted by Gasteiger charge is -2.21. The van der Waals surface area contributed by atoms with Crippen LogP contribution in [-0.2, 0) is 13.1 Å². The van der Waals surface area contributed by atoms with Crippen LogP contribution in [0.25, 0.3) is 0 Å². The maximum absolute atomic E-state index is 11.8. The fourth-order valence-electron chi connectivity index (χ4n) is 3.25. The number of carboxylic acid groups (broad SMARTS) is 1. The Balaban J connectivity index is 2.16. The predicted octanol–water partition coefficient (Wildman–Crippen LogP) is 2.80. The average Bonchev–Trinajstić information content (AvgIpc) is 3.21. The Morgan fingerprint density at radius 2 is 1.38 bits per heavy atom. The van der Waals surface area contributed by atoms with Crippen LogP contribution in [0, 0.1) is 20.8 Å². The van der Waals surface area contributed by atoms with Crippen LogP contribution in [0.1, 0.15) is 38.2 Å². The molecule has 0 atom stereocenters. The summed E-state index contributed by atoms with van der Waals surface area (Å²) in [6.45, 7) is 7.04. The molecule has 0 unspecified atom stereocenters. The SMILES string of the molecule is Cc1c(Cn2ccnc2)c(C)c(C(=O)O)c(C)c1Cn1ccnc1. The molecule has 124 valence electrons. The number of benzene rings is 1. The van der Waals surface area contributed by atoms with Gasteiger partial charge < -0.3 is 14.2 Å². The maximum atomic E-state index is 11.8. The van der Waals surface area contributed by atoms with Crippen LogP contribution < -0.4 is 0 Å². The van der Waals surface area contributed by atoms with E-state index in [-0.39, 0.29) is 0 Å². The van der Waals surface area contributed by atoms with Gasteiger partial charge in [-0.15, -0.1) is 0 Å². The molecule has 0 amide bonds. The highest BCUT2D eigenvalue weighted by Crippen LogP contribution is 2.28. The third kappa shape index (κ3) is 2.82. The molecule has 2 aromatic heterocycles. The van der Waals surface area contributed by atoms with Gasteiger partial charge in [0.1, 0.15) is 0 Å². The van der Waals surface area contributed by atoms with Gasteiger partial charge in [0, 0.05) is 37.9 Å². The van der Waals surface area contributed by atoms with Crippen molar-refractivity contribution in [1.82, 2.24) is 19.1 Å². The van der Waals surface area contributed by atoms with Crippen molar-refractivity contribution < 1.29 is 9.90 Å². The molecule has 0 saturated carbocycles. The molecular formula is C18H20N4O2. The van der Waals surface area contributed by atoms with Crippen molar-refractivity contribution >= 4 is 5.97 Å². The number of carbonyl (C=O) groups is 1. The molecule has 6 nitrogen and oxygen atoms in total. The highest BCUT2D eigenvalue weighted by molar-refractivity contribution is 5.92. The summed E-state index contributed by atoms with van der Waals surface area (Å²) >= 11 is 0. The fourth-order valence-corrected chi connectivity index (χ4v) is 3.25. The van der Waals surface area contributed by atoms with Gasteiger partial charge in [-0.2, -0.15) is 0 Å². The van der Waals surface area contributed by atoms with Gasteiger partial charge in [0.25, 0.3) is 0 Å².